The number of hydrogen-bond acceptors (Lipinski definition) is 4. The van der Waals surface area contributed by atoms with E-state index >= 15 is 0 Å². The Morgan fingerprint density at radius 3 is 3.00 bits per heavy atom. The number of carbonyl (C=O) groups is 1. The van der Waals surface area contributed by atoms with E-state index in [4.69, 9.17) is 4.74 Å². The van der Waals surface area contributed by atoms with E-state index in [1.165, 1.54) is 6.42 Å². The van der Waals surface area contributed by atoms with E-state index in [9.17, 15) is 4.79 Å². The van der Waals surface area contributed by atoms with E-state index in [1.54, 1.807) is 6.92 Å². The molecule has 2 unspecified atom stereocenters. The topological polar surface area (TPSA) is 53.6 Å². The summed E-state index contributed by atoms with van der Waals surface area (Å²) in [5, 5.41) is 6.27. The van der Waals surface area contributed by atoms with Crippen molar-refractivity contribution >= 4 is 18.3 Å². The molecular weight excluding hydrogens is 266 g/mol. The molecular formula is C13H26ClN3O2. The molecule has 0 aliphatic carbocycles. The van der Waals surface area contributed by atoms with Crippen molar-refractivity contribution in [3.05, 3.63) is 0 Å². The molecule has 5 nitrogen and oxygen atoms in total. The van der Waals surface area contributed by atoms with Crippen LogP contribution >= 0.6 is 12.4 Å². The lowest BCUT2D eigenvalue weighted by Gasteiger charge is -2.37. The van der Waals surface area contributed by atoms with Crippen molar-refractivity contribution in [3.63, 3.8) is 0 Å². The molecule has 0 radical (unpaired) electrons. The van der Waals surface area contributed by atoms with Crippen LogP contribution in [0.1, 0.15) is 20.3 Å². The van der Waals surface area contributed by atoms with Crippen molar-refractivity contribution in [2.45, 2.75) is 26.4 Å². The summed E-state index contributed by atoms with van der Waals surface area (Å²) in [5.41, 5.74) is 0.399. The number of ether oxygens (including phenoxy) is 1. The lowest BCUT2D eigenvalue weighted by Crippen LogP contribution is -2.50. The van der Waals surface area contributed by atoms with Gasteiger partial charge in [-0.15, -0.1) is 12.4 Å². The molecule has 2 saturated heterocycles. The third kappa shape index (κ3) is 5.26. The van der Waals surface area contributed by atoms with Gasteiger partial charge in [0.1, 0.15) is 0 Å². The maximum Gasteiger partial charge on any atom is 0.216 e. The number of morpholine rings is 1. The van der Waals surface area contributed by atoms with Crippen LogP contribution in [0.5, 0.6) is 0 Å². The second-order valence-corrected chi connectivity index (χ2v) is 5.90. The third-order valence-corrected chi connectivity index (χ3v) is 3.86. The molecule has 0 bridgehead atoms. The van der Waals surface area contributed by atoms with Crippen molar-refractivity contribution in [1.82, 2.24) is 15.5 Å². The molecule has 1 amide bonds. The Hall–Kier alpha value is -0.360. The Morgan fingerprint density at radius 2 is 2.37 bits per heavy atom. The molecule has 0 aromatic carbocycles. The Balaban J connectivity index is 0.00000180. The van der Waals surface area contributed by atoms with Gasteiger partial charge in [-0.1, -0.05) is 6.92 Å². The molecule has 2 fully saturated rings. The largest absolute Gasteiger partial charge is 0.374 e. The molecule has 2 rings (SSSR count). The minimum atomic E-state index is 0. The van der Waals surface area contributed by atoms with Crippen molar-refractivity contribution < 1.29 is 9.53 Å². The third-order valence-electron chi connectivity index (χ3n) is 3.86. The normalized spacial score (nSPS) is 31.8. The van der Waals surface area contributed by atoms with Crippen LogP contribution in [0.25, 0.3) is 0 Å². The number of rotatable bonds is 4. The van der Waals surface area contributed by atoms with Gasteiger partial charge in [-0.2, -0.15) is 0 Å². The molecule has 6 heteroatoms. The second-order valence-electron chi connectivity index (χ2n) is 5.90. The Labute approximate surface area is 121 Å². The van der Waals surface area contributed by atoms with Gasteiger partial charge in [0.15, 0.2) is 0 Å². The fourth-order valence-electron chi connectivity index (χ4n) is 2.85. The van der Waals surface area contributed by atoms with Gasteiger partial charge in [-0.3, -0.25) is 9.69 Å². The Morgan fingerprint density at radius 1 is 1.58 bits per heavy atom. The first-order valence-electron chi connectivity index (χ1n) is 6.87. The fourth-order valence-corrected chi connectivity index (χ4v) is 2.85. The Bertz CT molecular complexity index is 296. The lowest BCUT2D eigenvalue weighted by atomic mass is 9.89. The lowest BCUT2D eigenvalue weighted by molar-refractivity contribution is -0.120. The van der Waals surface area contributed by atoms with Crippen LogP contribution in [0.15, 0.2) is 0 Å². The minimum Gasteiger partial charge on any atom is -0.374 e. The SMILES string of the molecule is CC(=O)NCC1CN(CC2(C)CCNC2)CCO1.Cl. The van der Waals surface area contributed by atoms with Crippen LogP contribution < -0.4 is 10.6 Å². The van der Waals surface area contributed by atoms with E-state index in [-0.39, 0.29) is 24.4 Å². The summed E-state index contributed by atoms with van der Waals surface area (Å²) >= 11 is 0. The smallest absolute Gasteiger partial charge is 0.216 e. The molecule has 2 N–H and O–H groups in total. The highest BCUT2D eigenvalue weighted by Crippen LogP contribution is 2.26. The molecule has 0 aromatic heterocycles. The van der Waals surface area contributed by atoms with Crippen LogP contribution in [0, 0.1) is 5.41 Å². The van der Waals surface area contributed by atoms with E-state index in [0.29, 0.717) is 12.0 Å². The summed E-state index contributed by atoms with van der Waals surface area (Å²) in [6, 6.07) is 0. The van der Waals surface area contributed by atoms with Gasteiger partial charge in [0.2, 0.25) is 5.91 Å². The van der Waals surface area contributed by atoms with Crippen LogP contribution in [-0.4, -0.2) is 62.8 Å². The quantitative estimate of drug-likeness (QED) is 0.779. The summed E-state index contributed by atoms with van der Waals surface area (Å²) in [7, 11) is 0. The number of halogens is 1. The Kier molecular flexibility index (Phi) is 6.53. The summed E-state index contributed by atoms with van der Waals surface area (Å²) in [6.45, 7) is 10.6. The molecule has 19 heavy (non-hydrogen) atoms. The number of carbonyl (C=O) groups excluding carboxylic acids is 1. The van der Waals surface area contributed by atoms with E-state index in [0.717, 1.165) is 39.3 Å². The first kappa shape index (κ1) is 16.7. The zero-order valence-electron chi connectivity index (χ0n) is 11.9. The summed E-state index contributed by atoms with van der Waals surface area (Å²) in [4.78, 5) is 13.4. The summed E-state index contributed by atoms with van der Waals surface area (Å²) in [5.74, 6) is 0.0164. The molecule has 2 atom stereocenters. The highest BCUT2D eigenvalue weighted by Gasteiger charge is 2.32. The van der Waals surface area contributed by atoms with Crippen LogP contribution in [0.3, 0.4) is 0 Å². The van der Waals surface area contributed by atoms with Gasteiger partial charge in [-0.25, -0.2) is 0 Å². The number of nitrogens with one attached hydrogen (secondary N) is 2. The minimum absolute atomic E-state index is 0. The van der Waals surface area contributed by atoms with Crippen LogP contribution in [-0.2, 0) is 9.53 Å². The van der Waals surface area contributed by atoms with Crippen molar-refractivity contribution in [1.29, 1.82) is 0 Å². The fraction of sp³-hybridized carbons (Fsp3) is 0.923. The zero-order chi connectivity index (χ0) is 13.0. The van der Waals surface area contributed by atoms with Gasteiger partial charge in [0.25, 0.3) is 0 Å². The van der Waals surface area contributed by atoms with Gasteiger partial charge >= 0.3 is 0 Å². The number of amides is 1. The second kappa shape index (κ2) is 7.43. The maximum absolute atomic E-state index is 10.9. The monoisotopic (exact) mass is 291 g/mol. The van der Waals surface area contributed by atoms with Crippen LogP contribution in [0.4, 0.5) is 0 Å². The zero-order valence-corrected chi connectivity index (χ0v) is 12.7. The van der Waals surface area contributed by atoms with Gasteiger partial charge in [-0.05, 0) is 18.4 Å². The maximum atomic E-state index is 10.9. The standard InChI is InChI=1S/C13H25N3O2.ClH/c1-11(17)15-7-12-8-16(5-6-18-12)10-13(2)3-4-14-9-13;/h12,14H,3-10H2,1-2H3,(H,15,17);1H. The predicted molar refractivity (Wildman–Crippen MR) is 77.7 cm³/mol. The number of hydrogen-bond donors (Lipinski definition) is 2. The molecule has 0 saturated carbocycles. The summed E-state index contributed by atoms with van der Waals surface area (Å²) in [6.07, 6.45) is 1.39. The first-order valence-corrected chi connectivity index (χ1v) is 6.87. The molecule has 0 aromatic rings. The van der Waals surface area contributed by atoms with Gasteiger partial charge < -0.3 is 15.4 Å². The van der Waals surface area contributed by atoms with Gasteiger partial charge in [0.05, 0.1) is 12.7 Å². The number of nitrogens with zero attached hydrogens (tertiary/aromatic N) is 1. The average Bonchev–Trinajstić information content (AvgIpc) is 2.73. The van der Waals surface area contributed by atoms with E-state index in [2.05, 4.69) is 22.5 Å². The van der Waals surface area contributed by atoms with Crippen molar-refractivity contribution in [2.75, 3.05) is 45.9 Å². The van der Waals surface area contributed by atoms with E-state index in [1.807, 2.05) is 0 Å². The van der Waals surface area contributed by atoms with Gasteiger partial charge in [0, 0.05) is 39.6 Å². The summed E-state index contributed by atoms with van der Waals surface area (Å²) < 4.78 is 5.68. The molecule has 2 aliphatic rings. The highest BCUT2D eigenvalue weighted by atomic mass is 35.5. The predicted octanol–water partition coefficient (Wildman–Crippen LogP) is 0.245. The average molecular weight is 292 g/mol. The van der Waals surface area contributed by atoms with Crippen molar-refractivity contribution in [3.8, 4) is 0 Å². The highest BCUT2D eigenvalue weighted by molar-refractivity contribution is 5.85. The molecule has 2 aliphatic heterocycles. The molecule has 112 valence electrons. The molecule has 2 heterocycles. The molecule has 0 spiro atoms. The van der Waals surface area contributed by atoms with Crippen molar-refractivity contribution in [2.24, 2.45) is 5.41 Å². The van der Waals surface area contributed by atoms with E-state index < -0.39 is 0 Å². The first-order chi connectivity index (χ1) is 8.57. The van der Waals surface area contributed by atoms with Crippen LogP contribution in [0.2, 0.25) is 0 Å².